The smallest absolute Gasteiger partial charge is 0.324 e. The van der Waals surface area contributed by atoms with E-state index in [2.05, 4.69) is 22.5 Å². The Kier molecular flexibility index (Phi) is 11.9. The second kappa shape index (κ2) is 17.8. The Bertz CT molecular complexity index is 2520. The number of anilines is 1. The van der Waals surface area contributed by atoms with Crippen LogP contribution in [0.1, 0.15) is 96.2 Å². The highest BCUT2D eigenvalue weighted by molar-refractivity contribution is 6.12. The first kappa shape index (κ1) is 42.0. The van der Waals surface area contributed by atoms with Crippen molar-refractivity contribution in [2.75, 3.05) is 25.1 Å². The molecule has 1 spiro atoms. The Morgan fingerprint density at radius 2 is 1.49 bits per heavy atom. The van der Waals surface area contributed by atoms with E-state index in [1.807, 2.05) is 83.8 Å². The number of esters is 1. The molecule has 5 aromatic carbocycles. The molecule has 11 heteroatoms. The van der Waals surface area contributed by atoms with Gasteiger partial charge in [0.05, 0.1) is 30.7 Å². The molecule has 0 radical (unpaired) electrons. The number of fused-ring (bicyclic) bond motifs is 3. The van der Waals surface area contributed by atoms with Crippen molar-refractivity contribution in [3.05, 3.63) is 167 Å². The molecule has 3 heterocycles. The van der Waals surface area contributed by atoms with Gasteiger partial charge in [0.1, 0.15) is 35.5 Å². The number of nitrogens with zero attached hydrogens (tertiary/aromatic N) is 1. The van der Waals surface area contributed by atoms with Gasteiger partial charge in [0.2, 0.25) is 11.8 Å². The van der Waals surface area contributed by atoms with Crippen molar-refractivity contribution in [2.45, 2.75) is 79.9 Å². The monoisotopic (exact) mass is 845 g/mol. The third kappa shape index (κ3) is 7.89. The van der Waals surface area contributed by atoms with Gasteiger partial charge >= 0.3 is 5.97 Å². The molecule has 0 aromatic heterocycles. The fourth-order valence-corrected chi connectivity index (χ4v) is 10.3. The van der Waals surface area contributed by atoms with Crippen LogP contribution in [-0.2, 0) is 24.5 Å². The SMILES string of the molecule is O=C1O[C@@H](c2ccccc2)[C@@H](c2ccccc2)N2[C@@H](c3cccc(OCCO)c3)[C@]3(C(=O)Nc4ccc(C#CC5(O)CCCCCC5)cc43)[C@@H](C(=O)NC[C@H](O)c3ccccc3)[C@H]12. The zero-order valence-electron chi connectivity index (χ0n) is 34.9. The van der Waals surface area contributed by atoms with Crippen LogP contribution in [0.5, 0.6) is 5.75 Å². The Hall–Kier alpha value is -6.29. The molecule has 0 unspecified atom stereocenters. The van der Waals surface area contributed by atoms with E-state index in [0.29, 0.717) is 46.5 Å². The first-order valence-corrected chi connectivity index (χ1v) is 21.9. The van der Waals surface area contributed by atoms with E-state index in [0.717, 1.165) is 36.8 Å². The Balaban J connectivity index is 1.28. The quantitative estimate of drug-likeness (QED) is 0.0593. The molecule has 5 N–H and O–H groups in total. The van der Waals surface area contributed by atoms with Gasteiger partial charge in [-0.1, -0.05) is 128 Å². The molecule has 9 rings (SSSR count). The minimum Gasteiger partial charge on any atom is -0.491 e. The fraction of sp³-hybridized carbons (Fsp3) is 0.327. The number of rotatable bonds is 10. The van der Waals surface area contributed by atoms with Crippen LogP contribution in [0.3, 0.4) is 0 Å². The van der Waals surface area contributed by atoms with E-state index in [1.165, 1.54) is 0 Å². The zero-order chi connectivity index (χ0) is 43.6. The maximum Gasteiger partial charge on any atom is 0.324 e. The topological polar surface area (TPSA) is 158 Å². The van der Waals surface area contributed by atoms with E-state index < -0.39 is 65.1 Å². The molecule has 4 aliphatic rings. The number of morpholine rings is 1. The average Bonchev–Trinajstić information content (AvgIpc) is 3.68. The summed E-state index contributed by atoms with van der Waals surface area (Å²) in [5.74, 6) is 3.63. The van der Waals surface area contributed by atoms with E-state index in [-0.39, 0.29) is 19.8 Å². The summed E-state index contributed by atoms with van der Waals surface area (Å²) in [7, 11) is 0. The largest absolute Gasteiger partial charge is 0.491 e. The molecule has 0 bridgehead atoms. The van der Waals surface area contributed by atoms with Crippen molar-refractivity contribution >= 4 is 23.5 Å². The molecular weight excluding hydrogens is 795 g/mol. The number of nitrogens with one attached hydrogen (secondary N) is 2. The Morgan fingerprint density at radius 3 is 2.19 bits per heavy atom. The molecule has 3 aliphatic heterocycles. The van der Waals surface area contributed by atoms with Gasteiger partial charge in [0.25, 0.3) is 0 Å². The highest BCUT2D eigenvalue weighted by Crippen LogP contribution is 2.65. The Morgan fingerprint density at radius 1 is 0.825 bits per heavy atom. The molecule has 2 saturated heterocycles. The third-order valence-electron chi connectivity index (χ3n) is 13.1. The van der Waals surface area contributed by atoms with Crippen molar-refractivity contribution in [3.8, 4) is 17.6 Å². The van der Waals surface area contributed by atoms with Gasteiger partial charge in [-0.05, 0) is 83.8 Å². The molecule has 3 fully saturated rings. The van der Waals surface area contributed by atoms with Gasteiger partial charge in [-0.3, -0.25) is 19.3 Å². The van der Waals surface area contributed by atoms with Crippen molar-refractivity contribution < 1.29 is 39.2 Å². The number of carbonyl (C=O) groups is 3. The van der Waals surface area contributed by atoms with Crippen LogP contribution in [0, 0.1) is 17.8 Å². The maximum atomic E-state index is 15.6. The van der Waals surface area contributed by atoms with Crippen molar-refractivity contribution in [1.82, 2.24) is 10.2 Å². The van der Waals surface area contributed by atoms with Gasteiger partial charge in [0.15, 0.2) is 0 Å². The van der Waals surface area contributed by atoms with Crippen molar-refractivity contribution in [2.24, 2.45) is 5.92 Å². The molecule has 2 amide bonds. The standard InChI is InChI=1S/C52H51N3O8/c56-29-30-62-39-22-14-21-38(32-39)47-52(40-31-34(23-24-41(40)54-50(52)60)25-28-51(61)26-12-1-2-13-27-51)43(48(58)53-33-42(57)35-15-6-3-7-16-35)45-49(59)63-46(37-19-10-5-11-20-37)44(55(45)47)36-17-8-4-9-18-36/h3-11,14-24,31-32,42-47,56-57,61H,1-2,12-13,26-27,29-30,33H2,(H,53,58)(H,54,60)/t42-,43+,44+,45+,46-,47-,52+/m0/s1. The number of carbonyl (C=O) groups excluding carboxylic acids is 3. The normalized spacial score (nSPS) is 25.3. The second-order valence-electron chi connectivity index (χ2n) is 17.0. The van der Waals surface area contributed by atoms with Crippen LogP contribution < -0.4 is 15.4 Å². The molecule has 11 nitrogen and oxygen atoms in total. The summed E-state index contributed by atoms with van der Waals surface area (Å²) in [6, 6.07) is 37.6. The molecule has 7 atom stereocenters. The van der Waals surface area contributed by atoms with Crippen molar-refractivity contribution in [3.63, 3.8) is 0 Å². The van der Waals surface area contributed by atoms with E-state index in [1.54, 1.807) is 54.6 Å². The van der Waals surface area contributed by atoms with Gasteiger partial charge in [-0.2, -0.15) is 0 Å². The number of amides is 2. The second-order valence-corrected chi connectivity index (χ2v) is 17.0. The summed E-state index contributed by atoms with van der Waals surface area (Å²) >= 11 is 0. The molecule has 322 valence electrons. The average molecular weight is 846 g/mol. The molecule has 1 saturated carbocycles. The van der Waals surface area contributed by atoms with E-state index in [9.17, 15) is 15.3 Å². The summed E-state index contributed by atoms with van der Waals surface area (Å²) in [6.07, 6.45) is 3.00. The molecule has 5 aromatic rings. The zero-order valence-corrected chi connectivity index (χ0v) is 34.9. The maximum absolute atomic E-state index is 15.6. The van der Waals surface area contributed by atoms with E-state index >= 15 is 14.4 Å². The van der Waals surface area contributed by atoms with Crippen LogP contribution in [0.15, 0.2) is 133 Å². The van der Waals surface area contributed by atoms with Crippen molar-refractivity contribution in [1.29, 1.82) is 0 Å². The summed E-state index contributed by atoms with van der Waals surface area (Å²) in [4.78, 5) is 48.1. The van der Waals surface area contributed by atoms with Crippen LogP contribution >= 0.6 is 0 Å². The summed E-state index contributed by atoms with van der Waals surface area (Å²) < 4.78 is 12.5. The number of aliphatic hydroxyl groups excluding tert-OH is 2. The number of cyclic esters (lactones) is 1. The Labute approximate surface area is 367 Å². The first-order valence-electron chi connectivity index (χ1n) is 21.9. The lowest BCUT2D eigenvalue weighted by atomic mass is 9.65. The fourth-order valence-electron chi connectivity index (χ4n) is 10.3. The number of benzene rings is 5. The number of aliphatic hydroxyl groups is 3. The highest BCUT2D eigenvalue weighted by atomic mass is 16.6. The van der Waals surface area contributed by atoms with E-state index in [4.69, 9.17) is 9.47 Å². The van der Waals surface area contributed by atoms with Crippen LogP contribution in [0.4, 0.5) is 5.69 Å². The van der Waals surface area contributed by atoms with Crippen LogP contribution in [-0.4, -0.2) is 69.4 Å². The predicted molar refractivity (Wildman–Crippen MR) is 236 cm³/mol. The van der Waals surface area contributed by atoms with Gasteiger partial charge in [0, 0.05) is 17.8 Å². The number of hydrogen-bond acceptors (Lipinski definition) is 9. The lowest BCUT2D eigenvalue weighted by molar-refractivity contribution is -0.178. The highest BCUT2D eigenvalue weighted by Gasteiger charge is 2.74. The summed E-state index contributed by atoms with van der Waals surface area (Å²) in [5, 5.41) is 38.7. The van der Waals surface area contributed by atoms with Crippen LogP contribution in [0.25, 0.3) is 0 Å². The van der Waals surface area contributed by atoms with Gasteiger partial charge < -0.3 is 35.4 Å². The van der Waals surface area contributed by atoms with Gasteiger partial charge in [-0.25, -0.2) is 0 Å². The number of hydrogen-bond donors (Lipinski definition) is 5. The predicted octanol–water partition coefficient (Wildman–Crippen LogP) is 6.62. The molecule has 1 aliphatic carbocycles. The minimum absolute atomic E-state index is 0.0210. The van der Waals surface area contributed by atoms with Gasteiger partial charge in [-0.15, -0.1) is 0 Å². The summed E-state index contributed by atoms with van der Waals surface area (Å²) in [5.41, 5.74) is 1.21. The third-order valence-corrected chi connectivity index (χ3v) is 13.1. The minimum atomic E-state index is -1.80. The number of ether oxygens (including phenoxy) is 2. The molecule has 63 heavy (non-hydrogen) atoms. The molecular formula is C52H51N3O8. The van der Waals surface area contributed by atoms with Crippen LogP contribution in [0.2, 0.25) is 0 Å². The lowest BCUT2D eigenvalue weighted by Crippen LogP contribution is -2.55. The summed E-state index contributed by atoms with van der Waals surface area (Å²) in [6.45, 7) is -0.398. The first-order chi connectivity index (χ1) is 30.7. The lowest BCUT2D eigenvalue weighted by Gasteiger charge is -2.46.